The van der Waals surface area contributed by atoms with Crippen LogP contribution in [0.4, 0.5) is 5.69 Å². The highest BCUT2D eigenvalue weighted by molar-refractivity contribution is 7.92. The number of amides is 1. The lowest BCUT2D eigenvalue weighted by Gasteiger charge is -2.27. The molecule has 1 atom stereocenters. The Morgan fingerprint density at radius 3 is 2.18 bits per heavy atom. The Bertz CT molecular complexity index is 1210. The normalized spacial score (nSPS) is 12.0. The SMILES string of the molecule is CC[C@H](NC(=O)CN(c1ccccc1OC)S(=O)(=O)c1ccc(OC)cc1)c1ccc(C)cc1. The average Bonchev–Trinajstić information content (AvgIpc) is 2.86. The monoisotopic (exact) mass is 482 g/mol. The van der Waals surface area contributed by atoms with E-state index in [1.54, 1.807) is 36.4 Å². The van der Waals surface area contributed by atoms with Crippen LogP contribution in [-0.2, 0) is 14.8 Å². The molecule has 7 nitrogen and oxygen atoms in total. The molecule has 180 valence electrons. The molecule has 0 aromatic heterocycles. The first-order valence-corrected chi connectivity index (χ1v) is 12.4. The van der Waals surface area contributed by atoms with Gasteiger partial charge in [-0.2, -0.15) is 0 Å². The molecule has 0 heterocycles. The number of para-hydroxylation sites is 2. The van der Waals surface area contributed by atoms with Crippen molar-refractivity contribution in [2.75, 3.05) is 25.1 Å². The summed E-state index contributed by atoms with van der Waals surface area (Å²) < 4.78 is 38.9. The molecular formula is C26H30N2O5S. The third-order valence-electron chi connectivity index (χ3n) is 5.51. The molecular weight excluding hydrogens is 452 g/mol. The zero-order chi connectivity index (χ0) is 24.7. The van der Waals surface area contributed by atoms with E-state index in [-0.39, 0.29) is 16.6 Å². The van der Waals surface area contributed by atoms with Crippen molar-refractivity contribution in [3.05, 3.63) is 83.9 Å². The van der Waals surface area contributed by atoms with Gasteiger partial charge in [0.15, 0.2) is 0 Å². The molecule has 3 aromatic carbocycles. The van der Waals surface area contributed by atoms with Gasteiger partial charge >= 0.3 is 0 Å². The fourth-order valence-corrected chi connectivity index (χ4v) is 5.03. The van der Waals surface area contributed by atoms with Gasteiger partial charge in [-0.25, -0.2) is 8.42 Å². The minimum absolute atomic E-state index is 0.0394. The van der Waals surface area contributed by atoms with Crippen molar-refractivity contribution < 1.29 is 22.7 Å². The van der Waals surface area contributed by atoms with Crippen molar-refractivity contribution in [1.29, 1.82) is 0 Å². The van der Waals surface area contributed by atoms with Crippen LogP contribution < -0.4 is 19.1 Å². The highest BCUT2D eigenvalue weighted by Crippen LogP contribution is 2.32. The molecule has 1 N–H and O–H groups in total. The predicted molar refractivity (Wildman–Crippen MR) is 133 cm³/mol. The summed E-state index contributed by atoms with van der Waals surface area (Å²) in [4.78, 5) is 13.2. The number of benzene rings is 3. The van der Waals surface area contributed by atoms with E-state index in [1.165, 1.54) is 26.4 Å². The lowest BCUT2D eigenvalue weighted by molar-refractivity contribution is -0.120. The van der Waals surface area contributed by atoms with Gasteiger partial charge in [-0.05, 0) is 55.3 Å². The van der Waals surface area contributed by atoms with Gasteiger partial charge in [0.2, 0.25) is 5.91 Å². The fraction of sp³-hybridized carbons (Fsp3) is 0.269. The van der Waals surface area contributed by atoms with Crippen LogP contribution in [0.5, 0.6) is 11.5 Å². The van der Waals surface area contributed by atoms with Gasteiger partial charge in [-0.15, -0.1) is 0 Å². The zero-order valence-corrected chi connectivity index (χ0v) is 20.6. The number of hydrogen-bond acceptors (Lipinski definition) is 5. The summed E-state index contributed by atoms with van der Waals surface area (Å²) in [6.45, 7) is 3.56. The lowest BCUT2D eigenvalue weighted by atomic mass is 10.0. The third kappa shape index (κ3) is 5.69. The summed E-state index contributed by atoms with van der Waals surface area (Å²) in [5.74, 6) is 0.456. The lowest BCUT2D eigenvalue weighted by Crippen LogP contribution is -2.42. The topological polar surface area (TPSA) is 84.9 Å². The Morgan fingerprint density at radius 1 is 0.941 bits per heavy atom. The number of carbonyl (C=O) groups is 1. The minimum Gasteiger partial charge on any atom is -0.497 e. The molecule has 0 fully saturated rings. The molecule has 0 aliphatic rings. The standard InChI is InChI=1S/C26H30N2O5S/c1-5-23(20-12-10-19(2)11-13-20)27-26(29)18-28(24-8-6-7-9-25(24)33-4)34(30,31)22-16-14-21(32-3)15-17-22/h6-17,23H,5,18H2,1-4H3,(H,27,29)/t23-/m0/s1. The van der Waals surface area contributed by atoms with Crippen molar-refractivity contribution in [2.45, 2.75) is 31.2 Å². The Morgan fingerprint density at radius 2 is 1.59 bits per heavy atom. The quantitative estimate of drug-likeness (QED) is 0.461. The first-order valence-electron chi connectivity index (χ1n) is 11.0. The second kappa shape index (κ2) is 11.1. The Balaban J connectivity index is 1.95. The highest BCUT2D eigenvalue weighted by Gasteiger charge is 2.30. The van der Waals surface area contributed by atoms with Crippen LogP contribution in [-0.4, -0.2) is 35.1 Å². The van der Waals surface area contributed by atoms with Crippen molar-refractivity contribution >= 4 is 21.6 Å². The number of aryl methyl sites for hydroxylation is 1. The number of methoxy groups -OCH3 is 2. The van der Waals surface area contributed by atoms with E-state index in [0.717, 1.165) is 15.4 Å². The number of sulfonamides is 1. The number of hydrogen-bond donors (Lipinski definition) is 1. The molecule has 0 unspecified atom stereocenters. The van der Waals surface area contributed by atoms with Crippen LogP contribution >= 0.6 is 0 Å². The summed E-state index contributed by atoms with van der Waals surface area (Å²) in [7, 11) is -1.12. The number of rotatable bonds is 10. The van der Waals surface area contributed by atoms with Crippen molar-refractivity contribution in [1.82, 2.24) is 5.32 Å². The second-order valence-electron chi connectivity index (χ2n) is 7.80. The number of nitrogens with one attached hydrogen (secondary N) is 1. The Labute approximate surface area is 201 Å². The summed E-state index contributed by atoms with van der Waals surface area (Å²) >= 11 is 0. The van der Waals surface area contributed by atoms with Crippen LogP contribution in [0.3, 0.4) is 0 Å². The molecule has 0 saturated carbocycles. The minimum atomic E-state index is -4.08. The summed E-state index contributed by atoms with van der Waals surface area (Å²) in [5.41, 5.74) is 2.36. The van der Waals surface area contributed by atoms with Crippen molar-refractivity contribution in [3.63, 3.8) is 0 Å². The molecule has 0 aliphatic heterocycles. The molecule has 0 bridgehead atoms. The van der Waals surface area contributed by atoms with Gasteiger partial charge in [0.1, 0.15) is 18.0 Å². The highest BCUT2D eigenvalue weighted by atomic mass is 32.2. The van der Waals surface area contributed by atoms with E-state index in [1.807, 2.05) is 38.1 Å². The van der Waals surface area contributed by atoms with Gasteiger partial charge in [-0.3, -0.25) is 9.10 Å². The first kappa shape index (κ1) is 25.1. The molecule has 1 amide bonds. The van der Waals surface area contributed by atoms with Gasteiger partial charge in [-0.1, -0.05) is 48.9 Å². The van der Waals surface area contributed by atoms with Crippen molar-refractivity contribution in [2.24, 2.45) is 0 Å². The maximum atomic E-state index is 13.6. The van der Waals surface area contributed by atoms with E-state index >= 15 is 0 Å². The van der Waals surface area contributed by atoms with Gasteiger partial charge in [0, 0.05) is 0 Å². The molecule has 0 spiro atoms. The molecule has 3 aromatic rings. The van der Waals surface area contributed by atoms with Crippen molar-refractivity contribution in [3.8, 4) is 11.5 Å². The summed E-state index contributed by atoms with van der Waals surface area (Å²) in [5, 5.41) is 2.98. The third-order valence-corrected chi connectivity index (χ3v) is 7.29. The molecule has 34 heavy (non-hydrogen) atoms. The number of carbonyl (C=O) groups excluding carboxylic acids is 1. The van der Waals surface area contributed by atoms with E-state index in [4.69, 9.17) is 9.47 Å². The van der Waals surface area contributed by atoms with Crippen LogP contribution in [0.1, 0.15) is 30.5 Å². The Hall–Kier alpha value is -3.52. The molecule has 0 saturated heterocycles. The van der Waals surface area contributed by atoms with Gasteiger partial charge in [0.05, 0.1) is 30.8 Å². The van der Waals surface area contributed by atoms with E-state index < -0.39 is 22.5 Å². The molecule has 3 rings (SSSR count). The van der Waals surface area contributed by atoms with E-state index in [0.29, 0.717) is 17.9 Å². The van der Waals surface area contributed by atoms with E-state index in [2.05, 4.69) is 5.32 Å². The number of ether oxygens (including phenoxy) is 2. The largest absolute Gasteiger partial charge is 0.497 e. The van der Waals surface area contributed by atoms with Crippen LogP contribution in [0.2, 0.25) is 0 Å². The molecule has 0 radical (unpaired) electrons. The maximum absolute atomic E-state index is 13.6. The zero-order valence-electron chi connectivity index (χ0n) is 19.8. The summed E-state index contributed by atoms with van der Waals surface area (Å²) in [6.07, 6.45) is 0.661. The second-order valence-corrected chi connectivity index (χ2v) is 9.66. The van der Waals surface area contributed by atoms with Crippen LogP contribution in [0.15, 0.2) is 77.7 Å². The maximum Gasteiger partial charge on any atom is 0.264 e. The van der Waals surface area contributed by atoms with E-state index in [9.17, 15) is 13.2 Å². The molecule has 0 aliphatic carbocycles. The predicted octanol–water partition coefficient (Wildman–Crippen LogP) is 4.48. The first-order chi connectivity index (χ1) is 16.3. The fourth-order valence-electron chi connectivity index (χ4n) is 3.60. The van der Waals surface area contributed by atoms with Gasteiger partial charge in [0.25, 0.3) is 10.0 Å². The Kier molecular flexibility index (Phi) is 8.17. The molecule has 8 heteroatoms. The average molecular weight is 483 g/mol. The van der Waals surface area contributed by atoms with Gasteiger partial charge < -0.3 is 14.8 Å². The summed E-state index contributed by atoms with van der Waals surface area (Å²) in [6, 6.07) is 20.4. The number of anilines is 1. The number of nitrogens with zero attached hydrogens (tertiary/aromatic N) is 1. The smallest absolute Gasteiger partial charge is 0.264 e. The van der Waals surface area contributed by atoms with Crippen LogP contribution in [0.25, 0.3) is 0 Å². The van der Waals surface area contributed by atoms with Crippen LogP contribution in [0, 0.1) is 6.92 Å².